The lowest BCUT2D eigenvalue weighted by Gasteiger charge is -2.15. The van der Waals surface area contributed by atoms with Gasteiger partial charge in [-0.05, 0) is 29.8 Å². The molecular formula is C23H20N4O. The van der Waals surface area contributed by atoms with Crippen LogP contribution in [-0.4, -0.2) is 31.9 Å². The van der Waals surface area contributed by atoms with Crippen LogP contribution in [0.3, 0.4) is 0 Å². The molecule has 5 nitrogen and oxygen atoms in total. The van der Waals surface area contributed by atoms with E-state index in [9.17, 15) is 4.79 Å². The predicted molar refractivity (Wildman–Crippen MR) is 109 cm³/mol. The molecule has 3 aromatic heterocycles. The van der Waals surface area contributed by atoms with Gasteiger partial charge >= 0.3 is 0 Å². The fourth-order valence-corrected chi connectivity index (χ4v) is 3.86. The van der Waals surface area contributed by atoms with Crippen LogP contribution in [0.1, 0.15) is 21.7 Å². The SMILES string of the molecule is Cn1ccc(-c2ccnc3c2C(=O)N(CCc2ccc4ccccc4n2)C3)c1. The van der Waals surface area contributed by atoms with Crippen LogP contribution in [0.5, 0.6) is 0 Å². The fourth-order valence-electron chi connectivity index (χ4n) is 3.86. The van der Waals surface area contributed by atoms with Crippen LogP contribution in [0.4, 0.5) is 0 Å². The van der Waals surface area contributed by atoms with E-state index in [-0.39, 0.29) is 5.91 Å². The first-order valence-electron chi connectivity index (χ1n) is 9.43. The molecule has 0 saturated carbocycles. The maximum Gasteiger partial charge on any atom is 0.256 e. The molecule has 0 radical (unpaired) electrons. The minimum atomic E-state index is 0.0581. The van der Waals surface area contributed by atoms with Crippen molar-refractivity contribution >= 4 is 16.8 Å². The second-order valence-corrected chi connectivity index (χ2v) is 7.22. The molecule has 1 aliphatic rings. The molecule has 1 aromatic carbocycles. The van der Waals surface area contributed by atoms with E-state index >= 15 is 0 Å². The van der Waals surface area contributed by atoms with Gasteiger partial charge in [-0.25, -0.2) is 0 Å². The van der Waals surface area contributed by atoms with Crippen LogP contribution in [0.25, 0.3) is 22.0 Å². The molecule has 0 fully saturated rings. The third-order valence-electron chi connectivity index (χ3n) is 5.31. The van der Waals surface area contributed by atoms with Crippen molar-refractivity contribution in [2.45, 2.75) is 13.0 Å². The Kier molecular flexibility index (Phi) is 3.93. The number of carbonyl (C=O) groups is 1. The molecule has 0 bridgehead atoms. The lowest BCUT2D eigenvalue weighted by atomic mass is 10.0. The third-order valence-corrected chi connectivity index (χ3v) is 5.31. The summed E-state index contributed by atoms with van der Waals surface area (Å²) in [4.78, 5) is 24.2. The molecule has 1 amide bonds. The Bertz CT molecular complexity index is 1190. The van der Waals surface area contributed by atoms with Gasteiger partial charge < -0.3 is 9.47 Å². The van der Waals surface area contributed by atoms with E-state index in [4.69, 9.17) is 4.98 Å². The first-order valence-corrected chi connectivity index (χ1v) is 9.43. The van der Waals surface area contributed by atoms with E-state index in [0.717, 1.165) is 45.4 Å². The van der Waals surface area contributed by atoms with Crippen molar-refractivity contribution in [3.63, 3.8) is 0 Å². The van der Waals surface area contributed by atoms with Gasteiger partial charge in [-0.15, -0.1) is 0 Å². The van der Waals surface area contributed by atoms with Gasteiger partial charge in [0.1, 0.15) is 0 Å². The van der Waals surface area contributed by atoms with Crippen LogP contribution in [-0.2, 0) is 20.0 Å². The van der Waals surface area contributed by atoms with Crippen molar-refractivity contribution in [2.75, 3.05) is 6.54 Å². The maximum absolute atomic E-state index is 13.1. The second kappa shape index (κ2) is 6.60. The monoisotopic (exact) mass is 368 g/mol. The summed E-state index contributed by atoms with van der Waals surface area (Å²) in [5, 5.41) is 1.13. The van der Waals surface area contributed by atoms with Gasteiger partial charge in [-0.3, -0.25) is 14.8 Å². The molecule has 0 saturated heterocycles. The molecule has 0 unspecified atom stereocenters. The van der Waals surface area contributed by atoms with Crippen LogP contribution < -0.4 is 0 Å². The summed E-state index contributed by atoms with van der Waals surface area (Å²) in [5.74, 6) is 0.0581. The quantitative estimate of drug-likeness (QED) is 0.550. The molecule has 0 spiro atoms. The van der Waals surface area contributed by atoms with Crippen molar-refractivity contribution in [3.8, 4) is 11.1 Å². The number of pyridine rings is 2. The Morgan fingerprint density at radius 2 is 1.96 bits per heavy atom. The van der Waals surface area contributed by atoms with E-state index in [0.29, 0.717) is 13.1 Å². The zero-order valence-electron chi connectivity index (χ0n) is 15.7. The number of carbonyl (C=O) groups excluding carboxylic acids is 1. The number of para-hydroxylation sites is 1. The highest BCUT2D eigenvalue weighted by molar-refractivity contribution is 6.04. The highest BCUT2D eigenvalue weighted by Gasteiger charge is 2.31. The number of benzene rings is 1. The van der Waals surface area contributed by atoms with E-state index in [1.807, 2.05) is 65.3 Å². The fraction of sp³-hybridized carbons (Fsp3) is 0.174. The zero-order valence-corrected chi connectivity index (χ0v) is 15.7. The van der Waals surface area contributed by atoms with Crippen LogP contribution in [0.15, 0.2) is 67.1 Å². The van der Waals surface area contributed by atoms with E-state index in [1.165, 1.54) is 0 Å². The Morgan fingerprint density at radius 1 is 1.07 bits per heavy atom. The van der Waals surface area contributed by atoms with Gasteiger partial charge in [-0.2, -0.15) is 0 Å². The van der Waals surface area contributed by atoms with E-state index in [1.54, 1.807) is 6.20 Å². The summed E-state index contributed by atoms with van der Waals surface area (Å²) in [6, 6.07) is 16.2. The van der Waals surface area contributed by atoms with Crippen molar-refractivity contribution in [1.82, 2.24) is 19.4 Å². The number of aryl methyl sites for hydroxylation is 1. The van der Waals surface area contributed by atoms with Crippen molar-refractivity contribution in [1.29, 1.82) is 0 Å². The van der Waals surface area contributed by atoms with Crippen LogP contribution >= 0.6 is 0 Å². The maximum atomic E-state index is 13.1. The number of amides is 1. The Balaban J connectivity index is 1.37. The molecule has 1 aliphatic heterocycles. The summed E-state index contributed by atoms with van der Waals surface area (Å²) in [6.07, 6.45) is 6.55. The van der Waals surface area contributed by atoms with Gasteiger partial charge in [-0.1, -0.05) is 24.3 Å². The van der Waals surface area contributed by atoms with E-state index in [2.05, 4.69) is 17.1 Å². The molecule has 0 N–H and O–H groups in total. The summed E-state index contributed by atoms with van der Waals surface area (Å²) < 4.78 is 1.99. The average molecular weight is 368 g/mol. The largest absolute Gasteiger partial charge is 0.357 e. The molecular weight excluding hydrogens is 348 g/mol. The van der Waals surface area contributed by atoms with Crippen LogP contribution in [0, 0.1) is 0 Å². The molecule has 5 heteroatoms. The zero-order chi connectivity index (χ0) is 19.1. The number of hydrogen-bond donors (Lipinski definition) is 0. The van der Waals surface area contributed by atoms with Crippen LogP contribution in [0.2, 0.25) is 0 Å². The van der Waals surface area contributed by atoms with Gasteiger partial charge in [0, 0.05) is 55.2 Å². The van der Waals surface area contributed by atoms with Gasteiger partial charge in [0.15, 0.2) is 0 Å². The van der Waals surface area contributed by atoms with Gasteiger partial charge in [0.2, 0.25) is 0 Å². The minimum absolute atomic E-state index is 0.0581. The third kappa shape index (κ3) is 2.85. The standard InChI is InChI=1S/C23H20N4O/c1-26-12-9-17(14-26)19-8-11-24-21-15-27(23(28)22(19)21)13-10-18-7-6-16-4-2-3-5-20(16)25-18/h2-9,11-12,14H,10,13,15H2,1H3. The second-order valence-electron chi connectivity index (χ2n) is 7.22. The molecule has 4 heterocycles. The van der Waals surface area contributed by atoms with Crippen molar-refractivity contribution in [3.05, 3.63) is 84.1 Å². The molecule has 28 heavy (non-hydrogen) atoms. The minimum Gasteiger partial charge on any atom is -0.357 e. The first-order chi connectivity index (χ1) is 13.7. The Hall–Kier alpha value is -3.47. The summed E-state index contributed by atoms with van der Waals surface area (Å²) in [7, 11) is 1.98. The topological polar surface area (TPSA) is 51.0 Å². The highest BCUT2D eigenvalue weighted by atomic mass is 16.2. The lowest BCUT2D eigenvalue weighted by Crippen LogP contribution is -2.26. The molecule has 0 atom stereocenters. The highest BCUT2D eigenvalue weighted by Crippen LogP contribution is 2.31. The molecule has 5 rings (SSSR count). The summed E-state index contributed by atoms with van der Waals surface area (Å²) >= 11 is 0. The van der Waals surface area contributed by atoms with E-state index < -0.39 is 0 Å². The number of rotatable bonds is 4. The molecule has 138 valence electrons. The Morgan fingerprint density at radius 3 is 2.82 bits per heavy atom. The number of nitrogens with zero attached hydrogens (tertiary/aromatic N) is 4. The number of fused-ring (bicyclic) bond motifs is 2. The normalized spacial score (nSPS) is 13.3. The molecule has 4 aromatic rings. The van der Waals surface area contributed by atoms with Crippen molar-refractivity contribution < 1.29 is 4.79 Å². The molecule has 0 aliphatic carbocycles. The van der Waals surface area contributed by atoms with Gasteiger partial charge in [0.25, 0.3) is 5.91 Å². The predicted octanol–water partition coefficient (Wildman–Crippen LogP) is 3.83. The average Bonchev–Trinajstić information content (AvgIpc) is 3.29. The smallest absolute Gasteiger partial charge is 0.256 e. The number of hydrogen-bond acceptors (Lipinski definition) is 3. The summed E-state index contributed by atoms with van der Waals surface area (Å²) in [6.45, 7) is 1.19. The van der Waals surface area contributed by atoms with Gasteiger partial charge in [0.05, 0.1) is 23.3 Å². The number of aromatic nitrogens is 3. The Labute approximate surface area is 163 Å². The first kappa shape index (κ1) is 16.7. The van der Waals surface area contributed by atoms with Crippen molar-refractivity contribution in [2.24, 2.45) is 7.05 Å². The lowest BCUT2D eigenvalue weighted by molar-refractivity contribution is 0.0780. The summed E-state index contributed by atoms with van der Waals surface area (Å²) in [5.41, 5.74) is 5.59.